The molecule has 0 aromatic heterocycles. The molecule has 0 radical (unpaired) electrons. The van der Waals surface area contributed by atoms with Gasteiger partial charge in [-0.1, -0.05) is 11.6 Å². The Morgan fingerprint density at radius 3 is 2.18 bits per heavy atom. The lowest BCUT2D eigenvalue weighted by molar-refractivity contribution is 0.102. The Labute approximate surface area is 103 Å². The van der Waals surface area contributed by atoms with Crippen LogP contribution in [-0.4, -0.2) is 5.91 Å². The summed E-state index contributed by atoms with van der Waals surface area (Å²) in [6.45, 7) is 0. The summed E-state index contributed by atoms with van der Waals surface area (Å²) in [5, 5.41) is 3.23. The number of carbonyl (C=O) groups is 1. The molecule has 0 spiro atoms. The summed E-state index contributed by atoms with van der Waals surface area (Å²) in [5.41, 5.74) is 1.05. The van der Waals surface area contributed by atoms with Crippen LogP contribution in [0, 0.1) is 5.82 Å². The number of anilines is 1. The molecule has 2 aromatic carbocycles. The van der Waals surface area contributed by atoms with E-state index in [1.165, 1.54) is 24.3 Å². The van der Waals surface area contributed by atoms with Crippen LogP contribution >= 0.6 is 11.6 Å². The average Bonchev–Trinajstić information content (AvgIpc) is 2.33. The van der Waals surface area contributed by atoms with Crippen molar-refractivity contribution in [2.24, 2.45) is 0 Å². The van der Waals surface area contributed by atoms with Crippen molar-refractivity contribution < 1.29 is 9.18 Å². The topological polar surface area (TPSA) is 29.1 Å². The van der Waals surface area contributed by atoms with Crippen LogP contribution in [0.3, 0.4) is 0 Å². The Hall–Kier alpha value is -1.87. The van der Waals surface area contributed by atoms with E-state index in [1.54, 1.807) is 24.3 Å². The molecule has 0 saturated carbocycles. The summed E-state index contributed by atoms with van der Waals surface area (Å²) < 4.78 is 12.7. The van der Waals surface area contributed by atoms with Crippen molar-refractivity contribution in [3.05, 3.63) is 64.9 Å². The zero-order valence-electron chi connectivity index (χ0n) is 8.78. The van der Waals surface area contributed by atoms with Crippen molar-refractivity contribution in [2.75, 3.05) is 5.32 Å². The van der Waals surface area contributed by atoms with Gasteiger partial charge in [0, 0.05) is 16.3 Å². The maximum atomic E-state index is 12.7. The first kappa shape index (κ1) is 11.6. The van der Waals surface area contributed by atoms with Crippen molar-refractivity contribution in [3.8, 4) is 0 Å². The molecule has 0 atom stereocenters. The quantitative estimate of drug-likeness (QED) is 0.863. The molecule has 4 heteroatoms. The van der Waals surface area contributed by atoms with Gasteiger partial charge in [-0.05, 0) is 48.5 Å². The summed E-state index contributed by atoms with van der Waals surface area (Å²) in [5.74, 6) is -0.595. The van der Waals surface area contributed by atoms with Gasteiger partial charge in [0.2, 0.25) is 0 Å². The van der Waals surface area contributed by atoms with Gasteiger partial charge < -0.3 is 5.32 Å². The van der Waals surface area contributed by atoms with Gasteiger partial charge >= 0.3 is 0 Å². The first-order valence-electron chi connectivity index (χ1n) is 4.97. The minimum Gasteiger partial charge on any atom is -0.322 e. The monoisotopic (exact) mass is 249 g/mol. The molecule has 0 heterocycles. The number of benzene rings is 2. The minimum atomic E-state index is -0.338. The summed E-state index contributed by atoms with van der Waals surface area (Å²) in [6.07, 6.45) is 0. The summed E-state index contributed by atoms with van der Waals surface area (Å²) in [4.78, 5) is 11.8. The van der Waals surface area contributed by atoms with E-state index in [0.29, 0.717) is 16.3 Å². The zero-order chi connectivity index (χ0) is 12.3. The first-order chi connectivity index (χ1) is 8.15. The number of nitrogens with one attached hydrogen (secondary N) is 1. The third kappa shape index (κ3) is 3.04. The number of hydrogen-bond acceptors (Lipinski definition) is 1. The summed E-state index contributed by atoms with van der Waals surface area (Å²) in [6, 6.07) is 12.1. The maximum Gasteiger partial charge on any atom is 0.255 e. The van der Waals surface area contributed by atoms with Crippen LogP contribution < -0.4 is 5.32 Å². The highest BCUT2D eigenvalue weighted by Gasteiger charge is 2.05. The molecule has 0 unspecified atom stereocenters. The Kier molecular flexibility index (Phi) is 3.40. The lowest BCUT2D eigenvalue weighted by Crippen LogP contribution is -2.11. The molecule has 2 aromatic rings. The smallest absolute Gasteiger partial charge is 0.255 e. The van der Waals surface area contributed by atoms with Gasteiger partial charge in [0.1, 0.15) is 5.82 Å². The molecule has 0 aliphatic heterocycles. The van der Waals surface area contributed by atoms with Gasteiger partial charge in [-0.25, -0.2) is 4.39 Å². The minimum absolute atomic E-state index is 0.256. The highest BCUT2D eigenvalue weighted by atomic mass is 35.5. The van der Waals surface area contributed by atoms with Crippen LogP contribution in [0.15, 0.2) is 48.5 Å². The van der Waals surface area contributed by atoms with Crippen molar-refractivity contribution in [1.29, 1.82) is 0 Å². The standard InChI is InChI=1S/C13H9ClFNO/c14-10-3-1-9(2-4-10)13(17)16-12-7-5-11(15)6-8-12/h1-8H,(H,16,17). The third-order valence-electron chi connectivity index (χ3n) is 2.21. The van der Waals surface area contributed by atoms with Gasteiger partial charge in [0.15, 0.2) is 0 Å². The number of carbonyl (C=O) groups excluding carboxylic acids is 1. The Bertz CT molecular complexity index is 522. The van der Waals surface area contributed by atoms with Gasteiger partial charge in [0.05, 0.1) is 0 Å². The molecule has 0 saturated heterocycles. The van der Waals surface area contributed by atoms with Crippen LogP contribution in [0.4, 0.5) is 10.1 Å². The molecule has 1 N–H and O–H groups in total. The first-order valence-corrected chi connectivity index (χ1v) is 5.35. The summed E-state index contributed by atoms with van der Waals surface area (Å²) in [7, 11) is 0. The zero-order valence-corrected chi connectivity index (χ0v) is 9.54. The molecule has 1 amide bonds. The van der Waals surface area contributed by atoms with Crippen molar-refractivity contribution in [2.45, 2.75) is 0 Å². The maximum absolute atomic E-state index is 12.7. The van der Waals surface area contributed by atoms with Crippen LogP contribution in [0.2, 0.25) is 5.02 Å². The van der Waals surface area contributed by atoms with E-state index in [1.807, 2.05) is 0 Å². The lowest BCUT2D eigenvalue weighted by Gasteiger charge is -2.04. The number of halogens is 2. The molecular formula is C13H9ClFNO. The Morgan fingerprint density at radius 1 is 1.00 bits per heavy atom. The fraction of sp³-hybridized carbons (Fsp3) is 0. The molecule has 2 nitrogen and oxygen atoms in total. The lowest BCUT2D eigenvalue weighted by atomic mass is 10.2. The number of rotatable bonds is 2. The fourth-order valence-corrected chi connectivity index (χ4v) is 1.46. The predicted molar refractivity (Wildman–Crippen MR) is 65.8 cm³/mol. The van der Waals surface area contributed by atoms with E-state index < -0.39 is 0 Å². The fourth-order valence-electron chi connectivity index (χ4n) is 1.34. The van der Waals surface area contributed by atoms with Crippen molar-refractivity contribution in [3.63, 3.8) is 0 Å². The average molecular weight is 250 g/mol. The number of amides is 1. The van der Waals surface area contributed by atoms with Crippen LogP contribution in [-0.2, 0) is 0 Å². The largest absolute Gasteiger partial charge is 0.322 e. The SMILES string of the molecule is O=C(Nc1ccc(F)cc1)c1ccc(Cl)cc1. The number of hydrogen-bond donors (Lipinski definition) is 1. The second-order valence-corrected chi connectivity index (χ2v) is 3.90. The molecular weight excluding hydrogens is 241 g/mol. The second kappa shape index (κ2) is 4.97. The molecule has 2 rings (SSSR count). The Morgan fingerprint density at radius 2 is 1.59 bits per heavy atom. The molecule has 0 aliphatic rings. The van der Waals surface area contributed by atoms with Crippen molar-refractivity contribution >= 4 is 23.2 Å². The predicted octanol–water partition coefficient (Wildman–Crippen LogP) is 3.73. The van der Waals surface area contributed by atoms with Crippen LogP contribution in [0.5, 0.6) is 0 Å². The van der Waals surface area contributed by atoms with Crippen LogP contribution in [0.25, 0.3) is 0 Å². The van der Waals surface area contributed by atoms with Crippen molar-refractivity contribution in [1.82, 2.24) is 0 Å². The van der Waals surface area contributed by atoms with E-state index in [9.17, 15) is 9.18 Å². The molecule has 17 heavy (non-hydrogen) atoms. The van der Waals surface area contributed by atoms with E-state index in [4.69, 9.17) is 11.6 Å². The highest BCUT2D eigenvalue weighted by Crippen LogP contribution is 2.13. The normalized spacial score (nSPS) is 10.0. The highest BCUT2D eigenvalue weighted by molar-refractivity contribution is 6.30. The van der Waals surface area contributed by atoms with E-state index >= 15 is 0 Å². The van der Waals surface area contributed by atoms with Gasteiger partial charge in [0.25, 0.3) is 5.91 Å². The molecule has 86 valence electrons. The van der Waals surface area contributed by atoms with Gasteiger partial charge in [-0.3, -0.25) is 4.79 Å². The summed E-state index contributed by atoms with van der Waals surface area (Å²) >= 11 is 5.72. The van der Waals surface area contributed by atoms with E-state index in [0.717, 1.165) is 0 Å². The van der Waals surface area contributed by atoms with Gasteiger partial charge in [-0.15, -0.1) is 0 Å². The Balaban J connectivity index is 2.11. The van der Waals surface area contributed by atoms with E-state index in [2.05, 4.69) is 5.32 Å². The molecule has 0 fully saturated rings. The van der Waals surface area contributed by atoms with Gasteiger partial charge in [-0.2, -0.15) is 0 Å². The second-order valence-electron chi connectivity index (χ2n) is 3.47. The molecule has 0 bridgehead atoms. The molecule has 0 aliphatic carbocycles. The van der Waals surface area contributed by atoms with Crippen LogP contribution in [0.1, 0.15) is 10.4 Å². The third-order valence-corrected chi connectivity index (χ3v) is 2.46. The van der Waals surface area contributed by atoms with E-state index in [-0.39, 0.29) is 11.7 Å².